The van der Waals surface area contributed by atoms with Crippen LogP contribution in [0.5, 0.6) is 0 Å². The van der Waals surface area contributed by atoms with Gasteiger partial charge in [0.05, 0.1) is 6.20 Å². The first kappa shape index (κ1) is 9.27. The van der Waals surface area contributed by atoms with E-state index in [1.54, 1.807) is 24.4 Å². The van der Waals surface area contributed by atoms with E-state index in [1.807, 2.05) is 0 Å². The molecule has 1 aromatic heterocycles. The maximum Gasteiger partial charge on any atom is 0.123 e. The van der Waals surface area contributed by atoms with E-state index in [1.165, 1.54) is 12.1 Å². The van der Waals surface area contributed by atoms with Crippen molar-refractivity contribution >= 4 is 15.9 Å². The fourth-order valence-corrected chi connectivity index (χ4v) is 1.57. The fourth-order valence-electron chi connectivity index (χ4n) is 1.15. The van der Waals surface area contributed by atoms with E-state index >= 15 is 0 Å². The van der Waals surface area contributed by atoms with Crippen molar-refractivity contribution in [3.8, 4) is 11.3 Å². The number of benzene rings is 1. The van der Waals surface area contributed by atoms with Gasteiger partial charge in [-0.3, -0.25) is 0 Å². The molecule has 0 unspecified atom stereocenters. The smallest absolute Gasteiger partial charge is 0.123 e. The van der Waals surface area contributed by atoms with Gasteiger partial charge in [-0.15, -0.1) is 5.10 Å². The van der Waals surface area contributed by atoms with Crippen molar-refractivity contribution in [1.29, 1.82) is 0 Å². The molecule has 2 aromatic rings. The molecule has 0 aliphatic rings. The van der Waals surface area contributed by atoms with E-state index in [0.717, 1.165) is 4.47 Å². The summed E-state index contributed by atoms with van der Waals surface area (Å²) in [6.45, 7) is 0. The van der Waals surface area contributed by atoms with Crippen molar-refractivity contribution in [2.75, 3.05) is 0 Å². The molecular weight excluding hydrogens is 247 g/mol. The third kappa shape index (κ3) is 1.80. The summed E-state index contributed by atoms with van der Waals surface area (Å²) in [5.74, 6) is -0.278. The van der Waals surface area contributed by atoms with Crippen LogP contribution in [0.2, 0.25) is 0 Å². The Morgan fingerprint density at radius 3 is 2.79 bits per heavy atom. The molecule has 70 valence electrons. The molecular formula is C10H6BrFN2. The first-order valence-corrected chi connectivity index (χ1v) is 4.80. The Balaban J connectivity index is 2.55. The van der Waals surface area contributed by atoms with Gasteiger partial charge in [0.25, 0.3) is 0 Å². The Kier molecular flexibility index (Phi) is 2.54. The molecule has 0 aliphatic heterocycles. The standard InChI is InChI=1S/C10H6BrFN2/c11-9-4-5-13-14-10(9)7-2-1-3-8(12)6-7/h1-6H. The second-order valence-electron chi connectivity index (χ2n) is 2.74. The first-order valence-electron chi connectivity index (χ1n) is 4.00. The Hall–Kier alpha value is -1.29. The summed E-state index contributed by atoms with van der Waals surface area (Å²) in [6.07, 6.45) is 1.58. The summed E-state index contributed by atoms with van der Waals surface area (Å²) >= 11 is 3.33. The van der Waals surface area contributed by atoms with Gasteiger partial charge < -0.3 is 0 Å². The fraction of sp³-hybridized carbons (Fsp3) is 0. The van der Waals surface area contributed by atoms with E-state index in [0.29, 0.717) is 11.3 Å². The Labute approximate surface area is 88.9 Å². The lowest BCUT2D eigenvalue weighted by Crippen LogP contribution is -1.88. The number of rotatable bonds is 1. The van der Waals surface area contributed by atoms with Gasteiger partial charge in [0.15, 0.2) is 0 Å². The van der Waals surface area contributed by atoms with Crippen LogP contribution in [0.3, 0.4) is 0 Å². The summed E-state index contributed by atoms with van der Waals surface area (Å²) in [4.78, 5) is 0. The van der Waals surface area contributed by atoms with Gasteiger partial charge in [-0.1, -0.05) is 12.1 Å². The Morgan fingerprint density at radius 1 is 1.21 bits per heavy atom. The van der Waals surface area contributed by atoms with Crippen LogP contribution in [0.1, 0.15) is 0 Å². The molecule has 1 aromatic carbocycles. The summed E-state index contributed by atoms with van der Waals surface area (Å²) < 4.78 is 13.7. The molecule has 0 fully saturated rings. The van der Waals surface area contributed by atoms with Gasteiger partial charge in [-0.25, -0.2) is 4.39 Å². The van der Waals surface area contributed by atoms with Gasteiger partial charge >= 0.3 is 0 Å². The van der Waals surface area contributed by atoms with Gasteiger partial charge in [0.2, 0.25) is 0 Å². The molecule has 1 heterocycles. The number of hydrogen-bond donors (Lipinski definition) is 0. The Bertz CT molecular complexity index is 459. The van der Waals surface area contributed by atoms with E-state index in [4.69, 9.17) is 0 Å². The molecule has 0 atom stereocenters. The topological polar surface area (TPSA) is 25.8 Å². The second-order valence-corrected chi connectivity index (χ2v) is 3.59. The quantitative estimate of drug-likeness (QED) is 0.780. The van der Waals surface area contributed by atoms with Gasteiger partial charge in [0.1, 0.15) is 11.5 Å². The zero-order valence-electron chi connectivity index (χ0n) is 7.11. The van der Waals surface area contributed by atoms with Crippen molar-refractivity contribution in [2.24, 2.45) is 0 Å². The SMILES string of the molecule is Fc1cccc(-c2nnccc2Br)c1. The normalized spacial score (nSPS) is 10.1. The monoisotopic (exact) mass is 252 g/mol. The molecule has 0 N–H and O–H groups in total. The van der Waals surface area contributed by atoms with Gasteiger partial charge in [0, 0.05) is 10.0 Å². The minimum atomic E-state index is -0.278. The molecule has 0 bridgehead atoms. The third-order valence-electron chi connectivity index (χ3n) is 1.77. The highest BCUT2D eigenvalue weighted by atomic mass is 79.9. The van der Waals surface area contributed by atoms with Gasteiger partial charge in [-0.2, -0.15) is 5.10 Å². The average molecular weight is 253 g/mol. The zero-order chi connectivity index (χ0) is 9.97. The van der Waals surface area contributed by atoms with Crippen molar-refractivity contribution in [3.63, 3.8) is 0 Å². The van der Waals surface area contributed by atoms with Crippen LogP contribution >= 0.6 is 15.9 Å². The summed E-state index contributed by atoms with van der Waals surface area (Å²) in [7, 11) is 0. The molecule has 14 heavy (non-hydrogen) atoms. The molecule has 2 rings (SSSR count). The van der Waals surface area contributed by atoms with E-state index < -0.39 is 0 Å². The predicted octanol–water partition coefficient (Wildman–Crippen LogP) is 3.05. The van der Waals surface area contributed by atoms with Crippen LogP contribution in [0.15, 0.2) is 41.0 Å². The van der Waals surface area contributed by atoms with Crippen molar-refractivity contribution < 1.29 is 4.39 Å². The average Bonchev–Trinajstić information content (AvgIpc) is 2.18. The predicted molar refractivity (Wildman–Crippen MR) is 55.1 cm³/mol. The van der Waals surface area contributed by atoms with Gasteiger partial charge in [-0.05, 0) is 34.1 Å². The minimum absolute atomic E-state index is 0.278. The molecule has 0 saturated heterocycles. The lowest BCUT2D eigenvalue weighted by molar-refractivity contribution is 0.628. The molecule has 0 amide bonds. The summed E-state index contributed by atoms with van der Waals surface area (Å²) in [5.41, 5.74) is 1.36. The highest BCUT2D eigenvalue weighted by Crippen LogP contribution is 2.24. The summed E-state index contributed by atoms with van der Waals surface area (Å²) in [6, 6.07) is 8.03. The van der Waals surface area contributed by atoms with Crippen LogP contribution in [-0.4, -0.2) is 10.2 Å². The highest BCUT2D eigenvalue weighted by molar-refractivity contribution is 9.10. The first-order chi connectivity index (χ1) is 6.77. The van der Waals surface area contributed by atoms with Crippen LogP contribution < -0.4 is 0 Å². The zero-order valence-corrected chi connectivity index (χ0v) is 8.70. The van der Waals surface area contributed by atoms with Crippen molar-refractivity contribution in [2.45, 2.75) is 0 Å². The largest absolute Gasteiger partial charge is 0.207 e. The number of halogens is 2. The van der Waals surface area contributed by atoms with Crippen LogP contribution in [-0.2, 0) is 0 Å². The molecule has 0 spiro atoms. The van der Waals surface area contributed by atoms with Crippen LogP contribution in [0.25, 0.3) is 11.3 Å². The summed E-state index contributed by atoms with van der Waals surface area (Å²) in [5, 5.41) is 7.68. The van der Waals surface area contributed by atoms with E-state index in [-0.39, 0.29) is 5.82 Å². The van der Waals surface area contributed by atoms with E-state index in [9.17, 15) is 4.39 Å². The molecule has 0 aliphatic carbocycles. The van der Waals surface area contributed by atoms with Crippen LogP contribution in [0.4, 0.5) is 4.39 Å². The van der Waals surface area contributed by atoms with Crippen LogP contribution in [0, 0.1) is 5.82 Å². The van der Waals surface area contributed by atoms with Crippen molar-refractivity contribution in [1.82, 2.24) is 10.2 Å². The third-order valence-corrected chi connectivity index (χ3v) is 2.41. The maximum atomic E-state index is 12.9. The Morgan fingerprint density at radius 2 is 2.07 bits per heavy atom. The second kappa shape index (κ2) is 3.84. The lowest BCUT2D eigenvalue weighted by Gasteiger charge is -2.01. The lowest BCUT2D eigenvalue weighted by atomic mass is 10.1. The molecule has 0 radical (unpaired) electrons. The molecule has 4 heteroatoms. The highest BCUT2D eigenvalue weighted by Gasteiger charge is 2.04. The number of aromatic nitrogens is 2. The maximum absolute atomic E-state index is 12.9. The van der Waals surface area contributed by atoms with E-state index in [2.05, 4.69) is 26.1 Å². The molecule has 0 saturated carbocycles. The molecule has 2 nitrogen and oxygen atoms in total. The van der Waals surface area contributed by atoms with Crippen molar-refractivity contribution in [3.05, 3.63) is 46.8 Å². The number of hydrogen-bond acceptors (Lipinski definition) is 2. The number of nitrogens with zero attached hydrogens (tertiary/aromatic N) is 2. The minimum Gasteiger partial charge on any atom is -0.207 e.